The number of nitrogens with one attached hydrogen (secondary N) is 1. The van der Waals surface area contributed by atoms with Gasteiger partial charge in [0.25, 0.3) is 0 Å². The van der Waals surface area contributed by atoms with Crippen molar-refractivity contribution in [2.75, 3.05) is 13.1 Å². The van der Waals surface area contributed by atoms with Crippen LogP contribution < -0.4 is 11.1 Å². The van der Waals surface area contributed by atoms with E-state index in [0.717, 1.165) is 6.42 Å². The molecule has 1 amide bonds. The zero-order valence-corrected chi connectivity index (χ0v) is 8.76. The molecule has 0 aliphatic heterocycles. The van der Waals surface area contributed by atoms with E-state index in [-0.39, 0.29) is 11.8 Å². The molecule has 76 valence electrons. The van der Waals surface area contributed by atoms with Crippen molar-refractivity contribution in [2.45, 2.75) is 27.2 Å². The highest BCUT2D eigenvalue weighted by Crippen LogP contribution is 1.99. The summed E-state index contributed by atoms with van der Waals surface area (Å²) in [7, 11) is 0. The van der Waals surface area contributed by atoms with Crippen LogP contribution in [0.1, 0.15) is 27.2 Å². The van der Waals surface area contributed by atoms with E-state index in [1.165, 1.54) is 5.57 Å². The van der Waals surface area contributed by atoms with Crippen molar-refractivity contribution in [2.24, 2.45) is 11.7 Å². The smallest absolute Gasteiger partial charge is 0.224 e. The lowest BCUT2D eigenvalue weighted by Crippen LogP contribution is -2.34. The minimum absolute atomic E-state index is 0.0365. The number of nitrogens with two attached hydrogens (primary N) is 1. The molecule has 0 heterocycles. The SMILES string of the molecule is CCC(CN)C(=O)NCC=C(C)C. The van der Waals surface area contributed by atoms with Crippen LogP contribution in [0.4, 0.5) is 0 Å². The van der Waals surface area contributed by atoms with Crippen LogP contribution in [0, 0.1) is 5.92 Å². The molecule has 0 rings (SSSR count). The lowest BCUT2D eigenvalue weighted by molar-refractivity contribution is -0.124. The van der Waals surface area contributed by atoms with E-state index in [9.17, 15) is 4.79 Å². The van der Waals surface area contributed by atoms with E-state index in [0.29, 0.717) is 13.1 Å². The third-order valence-corrected chi connectivity index (χ3v) is 1.93. The van der Waals surface area contributed by atoms with Gasteiger partial charge in [0.15, 0.2) is 0 Å². The average molecular weight is 184 g/mol. The van der Waals surface area contributed by atoms with Crippen molar-refractivity contribution in [3.63, 3.8) is 0 Å². The summed E-state index contributed by atoms with van der Waals surface area (Å²) in [5.41, 5.74) is 6.65. The predicted molar refractivity (Wildman–Crippen MR) is 55.3 cm³/mol. The summed E-state index contributed by atoms with van der Waals surface area (Å²) in [6.45, 7) is 7.02. The quantitative estimate of drug-likeness (QED) is 0.628. The van der Waals surface area contributed by atoms with Crippen molar-refractivity contribution in [3.8, 4) is 0 Å². The van der Waals surface area contributed by atoms with E-state index in [4.69, 9.17) is 5.73 Å². The molecular weight excluding hydrogens is 164 g/mol. The first-order valence-electron chi connectivity index (χ1n) is 4.73. The van der Waals surface area contributed by atoms with E-state index in [2.05, 4.69) is 5.32 Å². The van der Waals surface area contributed by atoms with Crippen LogP contribution in [-0.2, 0) is 4.79 Å². The van der Waals surface area contributed by atoms with Crippen molar-refractivity contribution >= 4 is 5.91 Å². The van der Waals surface area contributed by atoms with Crippen LogP contribution >= 0.6 is 0 Å². The van der Waals surface area contributed by atoms with Gasteiger partial charge in [0.2, 0.25) is 5.91 Å². The predicted octanol–water partition coefficient (Wildman–Crippen LogP) is 1.05. The first kappa shape index (κ1) is 12.2. The highest BCUT2D eigenvalue weighted by Gasteiger charge is 2.12. The second-order valence-electron chi connectivity index (χ2n) is 3.37. The maximum absolute atomic E-state index is 11.4. The normalized spacial score (nSPS) is 12.0. The number of hydrogen-bond donors (Lipinski definition) is 2. The number of rotatable bonds is 5. The van der Waals surface area contributed by atoms with Crippen molar-refractivity contribution in [1.82, 2.24) is 5.32 Å². The molecule has 3 heteroatoms. The molecule has 1 unspecified atom stereocenters. The van der Waals surface area contributed by atoms with Gasteiger partial charge < -0.3 is 11.1 Å². The van der Waals surface area contributed by atoms with Gasteiger partial charge in [0, 0.05) is 19.0 Å². The molecule has 3 N–H and O–H groups in total. The van der Waals surface area contributed by atoms with Crippen LogP contribution in [0.2, 0.25) is 0 Å². The number of hydrogen-bond acceptors (Lipinski definition) is 2. The summed E-state index contributed by atoms with van der Waals surface area (Å²) in [6, 6.07) is 0. The Morgan fingerprint density at radius 2 is 2.15 bits per heavy atom. The van der Waals surface area contributed by atoms with Gasteiger partial charge in [-0.2, -0.15) is 0 Å². The van der Waals surface area contributed by atoms with E-state index < -0.39 is 0 Å². The lowest BCUT2D eigenvalue weighted by Gasteiger charge is -2.11. The topological polar surface area (TPSA) is 55.1 Å². The number of carbonyl (C=O) groups is 1. The average Bonchev–Trinajstić information content (AvgIpc) is 2.05. The van der Waals surface area contributed by atoms with Crippen molar-refractivity contribution < 1.29 is 4.79 Å². The molecule has 0 bridgehead atoms. The molecule has 0 aliphatic rings. The molecule has 13 heavy (non-hydrogen) atoms. The minimum Gasteiger partial charge on any atom is -0.352 e. The molecule has 0 aliphatic carbocycles. The van der Waals surface area contributed by atoms with Gasteiger partial charge in [-0.15, -0.1) is 0 Å². The molecule has 0 spiro atoms. The maximum Gasteiger partial charge on any atom is 0.224 e. The van der Waals surface area contributed by atoms with E-state index in [1.807, 2.05) is 26.8 Å². The molecule has 0 saturated heterocycles. The Bertz CT molecular complexity index is 179. The molecule has 3 nitrogen and oxygen atoms in total. The van der Waals surface area contributed by atoms with Gasteiger partial charge in [0.1, 0.15) is 0 Å². The molecule has 0 aromatic carbocycles. The maximum atomic E-state index is 11.4. The molecule has 0 radical (unpaired) electrons. The van der Waals surface area contributed by atoms with Gasteiger partial charge >= 0.3 is 0 Å². The van der Waals surface area contributed by atoms with E-state index in [1.54, 1.807) is 0 Å². The van der Waals surface area contributed by atoms with Crippen LogP contribution in [0.3, 0.4) is 0 Å². The first-order valence-corrected chi connectivity index (χ1v) is 4.73. The zero-order valence-electron chi connectivity index (χ0n) is 8.76. The van der Waals surface area contributed by atoms with Crippen molar-refractivity contribution in [3.05, 3.63) is 11.6 Å². The largest absolute Gasteiger partial charge is 0.352 e. The Labute approximate surface area is 80.4 Å². The Hall–Kier alpha value is -0.830. The second-order valence-corrected chi connectivity index (χ2v) is 3.37. The van der Waals surface area contributed by atoms with Gasteiger partial charge in [-0.3, -0.25) is 4.79 Å². The highest BCUT2D eigenvalue weighted by molar-refractivity contribution is 5.78. The fraction of sp³-hybridized carbons (Fsp3) is 0.700. The van der Waals surface area contributed by atoms with Gasteiger partial charge in [-0.1, -0.05) is 18.6 Å². The monoisotopic (exact) mass is 184 g/mol. The molecular formula is C10H20N2O. The Morgan fingerprint density at radius 3 is 2.54 bits per heavy atom. The molecule has 0 fully saturated rings. The number of carbonyl (C=O) groups excluding carboxylic acids is 1. The Balaban J connectivity index is 3.79. The molecule has 0 saturated carbocycles. The lowest BCUT2D eigenvalue weighted by atomic mass is 10.1. The summed E-state index contributed by atoms with van der Waals surface area (Å²) < 4.78 is 0. The summed E-state index contributed by atoms with van der Waals surface area (Å²) in [5.74, 6) is 0.0214. The highest BCUT2D eigenvalue weighted by atomic mass is 16.1. The van der Waals surface area contributed by atoms with E-state index >= 15 is 0 Å². The van der Waals surface area contributed by atoms with Gasteiger partial charge in [0.05, 0.1) is 0 Å². The summed E-state index contributed by atoms with van der Waals surface area (Å²) in [4.78, 5) is 11.4. The third kappa shape index (κ3) is 5.42. The summed E-state index contributed by atoms with van der Waals surface area (Å²) >= 11 is 0. The number of allylic oxidation sites excluding steroid dienone is 1. The molecule has 1 atom stereocenters. The first-order chi connectivity index (χ1) is 6.11. The second kappa shape index (κ2) is 6.66. The van der Waals surface area contributed by atoms with Crippen LogP contribution in [0.5, 0.6) is 0 Å². The van der Waals surface area contributed by atoms with Crippen LogP contribution in [0.15, 0.2) is 11.6 Å². The standard InChI is InChI=1S/C10H20N2O/c1-4-9(7-11)10(13)12-6-5-8(2)3/h5,9H,4,6-7,11H2,1-3H3,(H,12,13). The van der Waals surface area contributed by atoms with Gasteiger partial charge in [-0.25, -0.2) is 0 Å². The fourth-order valence-corrected chi connectivity index (χ4v) is 0.959. The molecule has 0 aromatic rings. The minimum atomic E-state index is -0.0365. The Kier molecular flexibility index (Phi) is 6.24. The summed E-state index contributed by atoms with van der Waals surface area (Å²) in [6.07, 6.45) is 2.79. The van der Waals surface area contributed by atoms with Crippen LogP contribution in [-0.4, -0.2) is 19.0 Å². The molecule has 0 aromatic heterocycles. The Morgan fingerprint density at radius 1 is 1.54 bits per heavy atom. The zero-order chi connectivity index (χ0) is 10.3. The fourth-order valence-electron chi connectivity index (χ4n) is 0.959. The number of amides is 1. The van der Waals surface area contributed by atoms with Gasteiger partial charge in [-0.05, 0) is 20.3 Å². The van der Waals surface area contributed by atoms with Crippen LogP contribution in [0.25, 0.3) is 0 Å². The third-order valence-electron chi connectivity index (χ3n) is 1.93. The summed E-state index contributed by atoms with van der Waals surface area (Å²) in [5, 5.41) is 2.82. The van der Waals surface area contributed by atoms with Crippen molar-refractivity contribution in [1.29, 1.82) is 0 Å².